The Morgan fingerprint density at radius 2 is 1.92 bits per heavy atom. The molecular formula is C17H20N6O. The van der Waals surface area contributed by atoms with Gasteiger partial charge in [0.15, 0.2) is 0 Å². The normalized spacial score (nSPS) is 20.1. The third-order valence-electron chi connectivity index (χ3n) is 4.87. The van der Waals surface area contributed by atoms with Crippen LogP contribution in [-0.4, -0.2) is 22.6 Å². The molecule has 1 saturated carbocycles. The number of nitrogens with zero attached hydrogens (tertiary/aromatic N) is 3. The molecule has 1 aliphatic carbocycles. The van der Waals surface area contributed by atoms with Crippen molar-refractivity contribution in [2.24, 2.45) is 21.5 Å². The van der Waals surface area contributed by atoms with E-state index in [0.29, 0.717) is 11.3 Å². The molecular weight excluding hydrogens is 304 g/mol. The Labute approximate surface area is 139 Å². The average Bonchev–Trinajstić information content (AvgIpc) is 2.55. The van der Waals surface area contributed by atoms with Gasteiger partial charge in [-0.2, -0.15) is 4.99 Å². The lowest BCUT2D eigenvalue weighted by molar-refractivity contribution is 0.305. The van der Waals surface area contributed by atoms with Gasteiger partial charge in [-0.25, -0.2) is 4.99 Å². The fourth-order valence-corrected chi connectivity index (χ4v) is 3.81. The van der Waals surface area contributed by atoms with Crippen molar-refractivity contribution in [2.75, 3.05) is 4.90 Å². The molecule has 24 heavy (non-hydrogen) atoms. The third kappa shape index (κ3) is 2.24. The summed E-state index contributed by atoms with van der Waals surface area (Å²) in [5.74, 6) is 0.556. The van der Waals surface area contributed by atoms with E-state index in [9.17, 15) is 4.79 Å². The molecule has 1 fully saturated rings. The molecule has 1 aromatic carbocycles. The van der Waals surface area contributed by atoms with Gasteiger partial charge in [0, 0.05) is 17.3 Å². The predicted octanol–water partition coefficient (Wildman–Crippen LogP) is 1.64. The number of aromatic amines is 1. The maximum absolute atomic E-state index is 12.1. The number of benzene rings is 1. The summed E-state index contributed by atoms with van der Waals surface area (Å²) in [5.41, 5.74) is 12.3. The number of nitrogens with one attached hydrogen (secondary N) is 1. The zero-order valence-electron chi connectivity index (χ0n) is 13.3. The number of hydrogen-bond acceptors (Lipinski definition) is 6. The number of aliphatic imine (C=N–C) groups is 2. The second-order valence-corrected chi connectivity index (χ2v) is 6.40. The molecule has 0 amide bonds. The third-order valence-corrected chi connectivity index (χ3v) is 4.87. The molecule has 0 radical (unpaired) electrons. The number of guanidine groups is 2. The highest BCUT2D eigenvalue weighted by Crippen LogP contribution is 2.39. The number of hydrogen-bond donors (Lipinski definition) is 3. The Kier molecular flexibility index (Phi) is 3.30. The maximum atomic E-state index is 12.1. The van der Waals surface area contributed by atoms with E-state index in [-0.39, 0.29) is 11.5 Å². The van der Waals surface area contributed by atoms with Crippen molar-refractivity contribution in [2.45, 2.75) is 37.8 Å². The molecule has 2 aliphatic rings. The smallest absolute Gasteiger partial charge is 0.255 e. The molecule has 1 spiro atoms. The molecule has 1 aliphatic heterocycles. The molecule has 2 heterocycles. The molecule has 0 bridgehead atoms. The topological polar surface area (TPSA) is 113 Å². The number of fused-ring (bicyclic) bond motifs is 1. The van der Waals surface area contributed by atoms with Crippen molar-refractivity contribution in [3.05, 3.63) is 40.8 Å². The van der Waals surface area contributed by atoms with Crippen molar-refractivity contribution >= 4 is 28.4 Å². The van der Waals surface area contributed by atoms with E-state index in [0.717, 1.165) is 36.8 Å². The van der Waals surface area contributed by atoms with Gasteiger partial charge >= 0.3 is 0 Å². The summed E-state index contributed by atoms with van der Waals surface area (Å²) in [5, 5.41) is 1.51. The van der Waals surface area contributed by atoms with E-state index in [1.807, 2.05) is 29.2 Å². The molecule has 7 heteroatoms. The van der Waals surface area contributed by atoms with Crippen LogP contribution in [0, 0.1) is 0 Å². The number of anilines is 1. The monoisotopic (exact) mass is 324 g/mol. The van der Waals surface area contributed by atoms with Gasteiger partial charge in [-0.15, -0.1) is 0 Å². The van der Waals surface area contributed by atoms with Crippen molar-refractivity contribution in [3.8, 4) is 0 Å². The Morgan fingerprint density at radius 3 is 2.71 bits per heavy atom. The van der Waals surface area contributed by atoms with Gasteiger partial charge in [-0.1, -0.05) is 12.5 Å². The summed E-state index contributed by atoms with van der Waals surface area (Å²) in [7, 11) is 0. The first kappa shape index (κ1) is 14.7. The minimum atomic E-state index is -0.497. The van der Waals surface area contributed by atoms with E-state index in [2.05, 4.69) is 15.0 Å². The second kappa shape index (κ2) is 5.36. The van der Waals surface area contributed by atoms with Crippen LogP contribution in [-0.2, 0) is 0 Å². The standard InChI is InChI=1S/C17H20N6O/c18-15-21-16(19)23(17(22-15)7-2-1-3-8-17)12-5-4-11-6-9-20-14(24)13(11)10-12/h4-6,9-10H,1-3,7-8H2,(H,20,24)(H4,18,19,21,22). The summed E-state index contributed by atoms with van der Waals surface area (Å²) >= 11 is 0. The number of nitrogens with two attached hydrogens (primary N) is 2. The molecule has 1 aromatic heterocycles. The van der Waals surface area contributed by atoms with E-state index >= 15 is 0 Å². The van der Waals surface area contributed by atoms with Gasteiger partial charge < -0.3 is 16.5 Å². The first-order chi connectivity index (χ1) is 11.6. The lowest BCUT2D eigenvalue weighted by Crippen LogP contribution is -2.58. The average molecular weight is 324 g/mol. The fraction of sp³-hybridized carbons (Fsp3) is 0.353. The van der Waals surface area contributed by atoms with Crippen LogP contribution in [0.25, 0.3) is 10.8 Å². The minimum absolute atomic E-state index is 0.123. The number of H-pyrrole nitrogens is 1. The number of aromatic nitrogens is 1. The van der Waals surface area contributed by atoms with E-state index < -0.39 is 5.66 Å². The van der Waals surface area contributed by atoms with Crippen molar-refractivity contribution in [1.29, 1.82) is 0 Å². The van der Waals surface area contributed by atoms with Crippen LogP contribution in [0.3, 0.4) is 0 Å². The Bertz CT molecular complexity index is 907. The first-order valence-electron chi connectivity index (χ1n) is 8.20. The minimum Gasteiger partial charge on any atom is -0.369 e. The van der Waals surface area contributed by atoms with E-state index in [4.69, 9.17) is 11.5 Å². The van der Waals surface area contributed by atoms with Crippen LogP contribution in [0.5, 0.6) is 0 Å². The summed E-state index contributed by atoms with van der Waals surface area (Å²) in [4.78, 5) is 25.6. The van der Waals surface area contributed by atoms with Crippen LogP contribution in [0.1, 0.15) is 32.1 Å². The van der Waals surface area contributed by atoms with Crippen molar-refractivity contribution in [3.63, 3.8) is 0 Å². The van der Waals surface area contributed by atoms with Gasteiger partial charge in [-0.3, -0.25) is 9.69 Å². The molecule has 7 nitrogen and oxygen atoms in total. The van der Waals surface area contributed by atoms with Crippen LogP contribution in [0.4, 0.5) is 5.69 Å². The Balaban J connectivity index is 1.88. The molecule has 124 valence electrons. The van der Waals surface area contributed by atoms with Gasteiger partial charge in [0.25, 0.3) is 5.56 Å². The highest BCUT2D eigenvalue weighted by molar-refractivity contribution is 6.06. The SMILES string of the molecule is NC1=NC2(CCCCC2)N(c2ccc3cc[nH]c(=O)c3c2)C(N)=N1. The van der Waals surface area contributed by atoms with Crippen LogP contribution in [0.2, 0.25) is 0 Å². The zero-order chi connectivity index (χ0) is 16.7. The fourth-order valence-electron chi connectivity index (χ4n) is 3.81. The van der Waals surface area contributed by atoms with Crippen molar-refractivity contribution < 1.29 is 0 Å². The van der Waals surface area contributed by atoms with E-state index in [1.165, 1.54) is 6.42 Å². The summed E-state index contributed by atoms with van der Waals surface area (Å²) < 4.78 is 0. The lowest BCUT2D eigenvalue weighted by Gasteiger charge is -2.45. The summed E-state index contributed by atoms with van der Waals surface area (Å²) in [6.45, 7) is 0. The molecule has 5 N–H and O–H groups in total. The van der Waals surface area contributed by atoms with Crippen molar-refractivity contribution in [1.82, 2.24) is 4.98 Å². The zero-order valence-corrected chi connectivity index (χ0v) is 13.3. The van der Waals surface area contributed by atoms with Crippen LogP contribution < -0.4 is 21.9 Å². The largest absolute Gasteiger partial charge is 0.369 e. The second-order valence-electron chi connectivity index (χ2n) is 6.40. The molecule has 0 atom stereocenters. The number of rotatable bonds is 1. The molecule has 0 unspecified atom stereocenters. The highest BCUT2D eigenvalue weighted by Gasteiger charge is 2.42. The molecule has 4 rings (SSSR count). The quantitative estimate of drug-likeness (QED) is 0.740. The Morgan fingerprint density at radius 1 is 1.12 bits per heavy atom. The van der Waals surface area contributed by atoms with Gasteiger partial charge in [0.05, 0.1) is 0 Å². The maximum Gasteiger partial charge on any atom is 0.255 e. The number of pyridine rings is 1. The molecule has 0 saturated heterocycles. The van der Waals surface area contributed by atoms with Gasteiger partial charge in [0.2, 0.25) is 11.9 Å². The predicted molar refractivity (Wildman–Crippen MR) is 96.1 cm³/mol. The lowest BCUT2D eigenvalue weighted by atomic mass is 9.87. The van der Waals surface area contributed by atoms with E-state index in [1.54, 1.807) is 6.20 Å². The van der Waals surface area contributed by atoms with Crippen LogP contribution >= 0.6 is 0 Å². The van der Waals surface area contributed by atoms with Crippen LogP contribution in [0.15, 0.2) is 45.2 Å². The molecule has 2 aromatic rings. The first-order valence-corrected chi connectivity index (χ1v) is 8.20. The van der Waals surface area contributed by atoms with Gasteiger partial charge in [-0.05, 0) is 49.3 Å². The summed E-state index contributed by atoms with van der Waals surface area (Å²) in [6, 6.07) is 7.60. The Hall–Kier alpha value is -2.83. The summed E-state index contributed by atoms with van der Waals surface area (Å²) in [6.07, 6.45) is 6.69. The highest BCUT2D eigenvalue weighted by atomic mass is 16.1. The van der Waals surface area contributed by atoms with Gasteiger partial charge in [0.1, 0.15) is 5.66 Å².